The fourth-order valence-electron chi connectivity index (χ4n) is 3.39. The van der Waals surface area contributed by atoms with Crippen molar-refractivity contribution in [3.05, 3.63) is 78.6 Å². The Kier molecular flexibility index (Phi) is 4.02. The molecule has 5 rings (SSSR count). The summed E-state index contributed by atoms with van der Waals surface area (Å²) in [5.41, 5.74) is 4.27. The third-order valence-corrected chi connectivity index (χ3v) is 4.87. The normalized spacial score (nSPS) is 11.6. The van der Waals surface area contributed by atoms with Crippen molar-refractivity contribution < 1.29 is 9.52 Å². The van der Waals surface area contributed by atoms with Gasteiger partial charge in [-0.1, -0.05) is 42.5 Å². The van der Waals surface area contributed by atoms with E-state index in [1.807, 2.05) is 73.8 Å². The van der Waals surface area contributed by atoms with E-state index < -0.39 is 0 Å². The molecule has 29 heavy (non-hydrogen) atoms. The van der Waals surface area contributed by atoms with Crippen molar-refractivity contribution in [3.63, 3.8) is 0 Å². The largest absolute Gasteiger partial charge is 0.494 e. The molecule has 0 unspecified atom stereocenters. The van der Waals surface area contributed by atoms with Gasteiger partial charge in [-0.3, -0.25) is 4.68 Å². The van der Waals surface area contributed by atoms with Crippen LogP contribution in [-0.4, -0.2) is 26.1 Å². The van der Waals surface area contributed by atoms with Crippen molar-refractivity contribution in [1.29, 1.82) is 0 Å². The lowest BCUT2D eigenvalue weighted by Crippen LogP contribution is -1.90. The summed E-state index contributed by atoms with van der Waals surface area (Å²) in [5, 5.41) is 15.8. The molecule has 0 saturated heterocycles. The first-order valence-electron chi connectivity index (χ1n) is 9.21. The van der Waals surface area contributed by atoms with Crippen molar-refractivity contribution in [2.45, 2.75) is 0 Å². The summed E-state index contributed by atoms with van der Waals surface area (Å²) in [5.74, 6) is 1.55. The molecule has 0 atom stereocenters. The Morgan fingerprint density at radius 1 is 1.03 bits per heavy atom. The third kappa shape index (κ3) is 3.10. The van der Waals surface area contributed by atoms with Crippen LogP contribution in [0.15, 0.2) is 82.4 Å². The molecule has 5 aromatic rings. The molecule has 0 spiro atoms. The van der Waals surface area contributed by atoms with Gasteiger partial charge in [0.25, 0.3) is 0 Å². The third-order valence-electron chi connectivity index (χ3n) is 4.87. The number of aromatic hydroxyl groups is 1. The smallest absolute Gasteiger partial charge is 0.198 e. The minimum atomic E-state index is 0.0748. The van der Waals surface area contributed by atoms with Crippen molar-refractivity contribution >= 4 is 22.9 Å². The lowest BCUT2D eigenvalue weighted by atomic mass is 10.1. The Bertz CT molecular complexity index is 1310. The summed E-state index contributed by atoms with van der Waals surface area (Å²) in [6.07, 6.45) is 3.30. The number of hydrogen-bond donors (Lipinski definition) is 2. The number of rotatable bonds is 4. The van der Waals surface area contributed by atoms with Crippen LogP contribution in [0, 0.1) is 0 Å². The van der Waals surface area contributed by atoms with E-state index in [0.717, 1.165) is 33.5 Å². The number of aromatic amines is 1. The maximum absolute atomic E-state index is 10.4. The van der Waals surface area contributed by atoms with Crippen LogP contribution in [0.3, 0.4) is 0 Å². The lowest BCUT2D eigenvalue weighted by molar-refractivity contribution is 0.457. The van der Waals surface area contributed by atoms with E-state index in [4.69, 9.17) is 4.42 Å². The van der Waals surface area contributed by atoms with E-state index in [1.54, 1.807) is 17.2 Å². The second-order valence-electron chi connectivity index (χ2n) is 6.76. The van der Waals surface area contributed by atoms with Gasteiger partial charge in [-0.05, 0) is 18.2 Å². The fourth-order valence-corrected chi connectivity index (χ4v) is 3.39. The second-order valence-corrected chi connectivity index (χ2v) is 6.76. The minimum Gasteiger partial charge on any atom is -0.494 e. The molecule has 142 valence electrons. The molecule has 3 heterocycles. The Morgan fingerprint density at radius 3 is 2.69 bits per heavy atom. The van der Waals surface area contributed by atoms with Gasteiger partial charge in [-0.25, -0.2) is 4.99 Å². The molecule has 2 N–H and O–H groups in total. The van der Waals surface area contributed by atoms with E-state index >= 15 is 0 Å². The van der Waals surface area contributed by atoms with E-state index in [-0.39, 0.29) is 5.88 Å². The number of nitrogens with one attached hydrogen (secondary N) is 1. The van der Waals surface area contributed by atoms with Crippen LogP contribution in [0.1, 0.15) is 5.56 Å². The van der Waals surface area contributed by atoms with Gasteiger partial charge >= 0.3 is 0 Å². The molecular weight excluding hydrogens is 364 g/mol. The maximum atomic E-state index is 10.4. The van der Waals surface area contributed by atoms with Crippen molar-refractivity contribution in [2.24, 2.45) is 12.0 Å². The van der Waals surface area contributed by atoms with Gasteiger partial charge in [0.05, 0.1) is 17.5 Å². The first-order valence-corrected chi connectivity index (χ1v) is 9.21. The van der Waals surface area contributed by atoms with Crippen LogP contribution in [0.5, 0.6) is 5.88 Å². The lowest BCUT2D eigenvalue weighted by Gasteiger charge is -1.98. The van der Waals surface area contributed by atoms with Gasteiger partial charge < -0.3 is 14.5 Å². The molecule has 0 aliphatic carbocycles. The van der Waals surface area contributed by atoms with Gasteiger partial charge in [0.2, 0.25) is 0 Å². The highest BCUT2D eigenvalue weighted by Crippen LogP contribution is 2.31. The number of aromatic nitrogens is 3. The highest BCUT2D eigenvalue weighted by Gasteiger charge is 2.12. The fraction of sp³-hybridized carbons (Fsp3) is 0.0435. The Hall–Kier alpha value is -4.06. The molecule has 3 aromatic heterocycles. The van der Waals surface area contributed by atoms with Gasteiger partial charge in [0, 0.05) is 41.4 Å². The summed E-state index contributed by atoms with van der Waals surface area (Å²) >= 11 is 0. The summed E-state index contributed by atoms with van der Waals surface area (Å²) in [4.78, 5) is 7.57. The summed E-state index contributed by atoms with van der Waals surface area (Å²) in [6, 6.07) is 21.5. The molecule has 6 nitrogen and oxygen atoms in total. The Morgan fingerprint density at radius 2 is 1.90 bits per heavy atom. The summed E-state index contributed by atoms with van der Waals surface area (Å²) in [7, 11) is 1.85. The average Bonchev–Trinajstić information content (AvgIpc) is 3.46. The molecule has 0 fully saturated rings. The minimum absolute atomic E-state index is 0.0748. The topological polar surface area (TPSA) is 79.3 Å². The summed E-state index contributed by atoms with van der Waals surface area (Å²) in [6.45, 7) is 0. The van der Waals surface area contributed by atoms with Gasteiger partial charge in [-0.2, -0.15) is 5.10 Å². The number of aryl methyl sites for hydroxylation is 1. The molecule has 0 aliphatic heterocycles. The van der Waals surface area contributed by atoms with E-state index in [0.29, 0.717) is 11.4 Å². The van der Waals surface area contributed by atoms with Gasteiger partial charge in [-0.15, -0.1) is 0 Å². The van der Waals surface area contributed by atoms with Crippen molar-refractivity contribution in [2.75, 3.05) is 0 Å². The number of hydrogen-bond acceptors (Lipinski definition) is 4. The number of aliphatic imine (C=N–C) groups is 1. The second kappa shape index (κ2) is 6.83. The summed E-state index contributed by atoms with van der Waals surface area (Å²) < 4.78 is 7.17. The van der Waals surface area contributed by atoms with Gasteiger partial charge in [0.15, 0.2) is 11.7 Å². The zero-order valence-electron chi connectivity index (χ0n) is 15.7. The van der Waals surface area contributed by atoms with Crippen LogP contribution in [-0.2, 0) is 7.05 Å². The molecular formula is C23H18N4O2. The van der Waals surface area contributed by atoms with Gasteiger partial charge in [0.1, 0.15) is 5.76 Å². The molecule has 0 saturated carbocycles. The van der Waals surface area contributed by atoms with E-state index in [9.17, 15) is 5.11 Å². The standard InChI is InChI=1S/C23H18N4O2/c1-27-22(13-19(26-27)15-6-3-2-4-7-15)24-14-18-17-10-9-16(21-8-5-11-29-21)12-20(17)25-23(18)28/h2-14,25,28H,1H3/b24-14+. The number of benzene rings is 2. The highest BCUT2D eigenvalue weighted by atomic mass is 16.3. The molecule has 0 aliphatic rings. The van der Waals surface area contributed by atoms with E-state index in [2.05, 4.69) is 15.1 Å². The van der Waals surface area contributed by atoms with Crippen LogP contribution in [0.4, 0.5) is 5.82 Å². The molecule has 0 bridgehead atoms. The van der Waals surface area contributed by atoms with Crippen LogP contribution >= 0.6 is 0 Å². The number of H-pyrrole nitrogens is 1. The van der Waals surface area contributed by atoms with Crippen LogP contribution in [0.25, 0.3) is 33.5 Å². The molecule has 0 radical (unpaired) electrons. The monoisotopic (exact) mass is 382 g/mol. The number of nitrogens with zero attached hydrogens (tertiary/aromatic N) is 3. The first-order chi connectivity index (χ1) is 14.2. The van der Waals surface area contributed by atoms with Crippen LogP contribution < -0.4 is 0 Å². The van der Waals surface area contributed by atoms with Crippen molar-refractivity contribution in [1.82, 2.24) is 14.8 Å². The Labute approximate surface area is 166 Å². The Balaban J connectivity index is 1.50. The molecule has 0 amide bonds. The highest BCUT2D eigenvalue weighted by molar-refractivity contribution is 6.03. The van der Waals surface area contributed by atoms with E-state index in [1.165, 1.54) is 0 Å². The number of fused-ring (bicyclic) bond motifs is 1. The molecule has 2 aromatic carbocycles. The maximum Gasteiger partial charge on any atom is 0.198 e. The van der Waals surface area contributed by atoms with Crippen LogP contribution in [0.2, 0.25) is 0 Å². The number of furan rings is 1. The molecule has 6 heteroatoms. The predicted octanol–water partition coefficient (Wildman–Crippen LogP) is 5.28. The average molecular weight is 382 g/mol. The zero-order valence-corrected chi connectivity index (χ0v) is 15.7. The SMILES string of the molecule is Cn1nc(-c2ccccc2)cc1/N=C/c1c(O)[nH]c2cc(-c3ccco3)ccc12. The predicted molar refractivity (Wildman–Crippen MR) is 114 cm³/mol. The quantitative estimate of drug-likeness (QED) is 0.415. The first kappa shape index (κ1) is 17.1. The van der Waals surface area contributed by atoms with Crippen molar-refractivity contribution in [3.8, 4) is 28.5 Å². The zero-order chi connectivity index (χ0) is 19.8.